The van der Waals surface area contributed by atoms with Gasteiger partial charge in [-0.25, -0.2) is 10.2 Å². The number of piperidine rings is 1. The number of alkyl halides is 1. The molecule has 0 spiro atoms. The van der Waals surface area contributed by atoms with Crippen LogP contribution in [0.15, 0.2) is 0 Å². The number of urea groups is 1. The summed E-state index contributed by atoms with van der Waals surface area (Å²) < 4.78 is 0. The number of halogens is 1. The number of likely N-dealkylation sites (tertiary alicyclic amines) is 1. The molecule has 3 aliphatic rings. The molecular formula is C18H31ClN4O2. The van der Waals surface area contributed by atoms with E-state index in [9.17, 15) is 9.59 Å². The lowest BCUT2D eigenvalue weighted by Crippen LogP contribution is -2.59. The van der Waals surface area contributed by atoms with Crippen molar-refractivity contribution in [1.82, 2.24) is 20.7 Å². The third-order valence-electron chi connectivity index (χ3n) is 5.96. The summed E-state index contributed by atoms with van der Waals surface area (Å²) >= 11 is 6.31. The topological polar surface area (TPSA) is 64.7 Å². The molecule has 7 heteroatoms. The van der Waals surface area contributed by atoms with E-state index < -0.39 is 0 Å². The number of rotatable bonds is 3. The molecule has 3 atom stereocenters. The highest BCUT2D eigenvalue weighted by Gasteiger charge is 2.29. The highest BCUT2D eigenvalue weighted by atomic mass is 35.5. The molecule has 0 radical (unpaired) electrons. The smallest absolute Gasteiger partial charge is 0.318 e. The Morgan fingerprint density at radius 1 is 1.20 bits per heavy atom. The van der Waals surface area contributed by atoms with Crippen LogP contribution in [-0.2, 0) is 4.79 Å². The second-order valence-corrected chi connectivity index (χ2v) is 8.54. The molecule has 25 heavy (non-hydrogen) atoms. The molecule has 3 rings (SSSR count). The van der Waals surface area contributed by atoms with Crippen molar-refractivity contribution in [3.8, 4) is 0 Å². The molecule has 0 aromatic carbocycles. The van der Waals surface area contributed by atoms with Crippen LogP contribution in [0.3, 0.4) is 0 Å². The maximum atomic E-state index is 12.4. The molecule has 6 nitrogen and oxygen atoms in total. The molecule has 1 saturated carbocycles. The van der Waals surface area contributed by atoms with Gasteiger partial charge in [-0.1, -0.05) is 12.8 Å². The van der Waals surface area contributed by atoms with Crippen LogP contribution >= 0.6 is 11.6 Å². The molecule has 3 fully saturated rings. The van der Waals surface area contributed by atoms with E-state index in [1.54, 1.807) is 7.05 Å². The van der Waals surface area contributed by atoms with Crippen LogP contribution in [0.25, 0.3) is 0 Å². The second kappa shape index (κ2) is 8.58. The fourth-order valence-corrected chi connectivity index (χ4v) is 4.84. The Bertz CT molecular complexity index is 482. The van der Waals surface area contributed by atoms with Crippen molar-refractivity contribution in [1.29, 1.82) is 0 Å². The summed E-state index contributed by atoms with van der Waals surface area (Å²) in [4.78, 5) is 25.8. The Hall–Kier alpha value is -1.01. The van der Waals surface area contributed by atoms with E-state index in [1.807, 2.05) is 4.90 Å². The highest BCUT2D eigenvalue weighted by molar-refractivity contribution is 6.20. The molecule has 3 unspecified atom stereocenters. The van der Waals surface area contributed by atoms with Crippen LogP contribution < -0.4 is 10.7 Å². The average Bonchev–Trinajstić information content (AvgIpc) is 2.59. The summed E-state index contributed by atoms with van der Waals surface area (Å²) in [6.45, 7) is 1.66. The van der Waals surface area contributed by atoms with Gasteiger partial charge >= 0.3 is 6.03 Å². The second-order valence-electron chi connectivity index (χ2n) is 7.92. The fraction of sp³-hybridized carbons (Fsp3) is 0.889. The van der Waals surface area contributed by atoms with Gasteiger partial charge in [0.15, 0.2) is 0 Å². The van der Waals surface area contributed by atoms with Gasteiger partial charge in [-0.2, -0.15) is 0 Å². The van der Waals surface area contributed by atoms with Gasteiger partial charge in [0.25, 0.3) is 0 Å². The summed E-state index contributed by atoms with van der Waals surface area (Å²) in [5.41, 5.74) is 3.02. The summed E-state index contributed by atoms with van der Waals surface area (Å²) in [5.74, 6) is 1.57. The monoisotopic (exact) mass is 370 g/mol. The molecule has 2 saturated heterocycles. The summed E-state index contributed by atoms with van der Waals surface area (Å²) in [7, 11) is 1.70. The number of hydrazine groups is 1. The standard InChI is InChI=1S/C18H31ClN4O2/c1-22-17(24)6-5-16(21-22)20-18(25)23-9-7-13(8-10-23)11-14-3-2-4-15(19)12-14/h13-16,21H,2-12H2,1H3,(H,20,25). The van der Waals surface area contributed by atoms with Crippen LogP contribution in [0, 0.1) is 11.8 Å². The van der Waals surface area contributed by atoms with E-state index in [0.29, 0.717) is 18.2 Å². The molecule has 0 aromatic rings. The van der Waals surface area contributed by atoms with E-state index in [2.05, 4.69) is 10.7 Å². The number of amides is 3. The number of carbonyl (C=O) groups is 2. The highest BCUT2D eigenvalue weighted by Crippen LogP contribution is 2.34. The van der Waals surface area contributed by atoms with E-state index in [1.165, 1.54) is 37.1 Å². The van der Waals surface area contributed by atoms with Crippen molar-refractivity contribution in [2.45, 2.75) is 69.3 Å². The van der Waals surface area contributed by atoms with Gasteiger partial charge in [0.2, 0.25) is 5.91 Å². The van der Waals surface area contributed by atoms with Crippen molar-refractivity contribution < 1.29 is 9.59 Å². The largest absolute Gasteiger partial charge is 0.325 e. The maximum absolute atomic E-state index is 12.4. The number of nitrogens with one attached hydrogen (secondary N) is 2. The summed E-state index contributed by atoms with van der Waals surface area (Å²) in [6.07, 6.45) is 9.35. The van der Waals surface area contributed by atoms with Crippen LogP contribution in [0.5, 0.6) is 0 Å². The molecule has 142 valence electrons. The van der Waals surface area contributed by atoms with E-state index in [0.717, 1.165) is 37.8 Å². The Kier molecular flexibility index (Phi) is 6.44. The number of carbonyl (C=O) groups excluding carboxylic acids is 2. The Morgan fingerprint density at radius 2 is 1.96 bits per heavy atom. The zero-order chi connectivity index (χ0) is 17.8. The molecule has 1 aliphatic carbocycles. The first kappa shape index (κ1) is 18.8. The van der Waals surface area contributed by atoms with Gasteiger partial charge < -0.3 is 10.2 Å². The van der Waals surface area contributed by atoms with Crippen LogP contribution in [0.1, 0.15) is 57.8 Å². The maximum Gasteiger partial charge on any atom is 0.318 e. The van der Waals surface area contributed by atoms with Gasteiger partial charge in [0.1, 0.15) is 0 Å². The van der Waals surface area contributed by atoms with Crippen molar-refractivity contribution in [3.63, 3.8) is 0 Å². The third-order valence-corrected chi connectivity index (χ3v) is 6.35. The Labute approximate surface area is 155 Å². The van der Waals surface area contributed by atoms with Crippen molar-refractivity contribution in [3.05, 3.63) is 0 Å². The first-order chi connectivity index (χ1) is 12.0. The SMILES string of the molecule is CN1NC(NC(=O)N2CCC(CC3CCCC(Cl)C3)CC2)CCC1=O. The predicted molar refractivity (Wildman–Crippen MR) is 98.0 cm³/mol. The third kappa shape index (κ3) is 5.23. The quantitative estimate of drug-likeness (QED) is 0.751. The number of hydrogen-bond donors (Lipinski definition) is 2. The van der Waals surface area contributed by atoms with E-state index in [4.69, 9.17) is 11.6 Å². The number of hydrogen-bond acceptors (Lipinski definition) is 3. The molecule has 2 N–H and O–H groups in total. The minimum atomic E-state index is -0.157. The van der Waals surface area contributed by atoms with Gasteiger partial charge in [-0.15, -0.1) is 11.6 Å². The van der Waals surface area contributed by atoms with Gasteiger partial charge in [0.05, 0.1) is 6.17 Å². The zero-order valence-corrected chi connectivity index (χ0v) is 15.9. The molecule has 2 heterocycles. The van der Waals surface area contributed by atoms with Crippen LogP contribution in [0.4, 0.5) is 4.79 Å². The van der Waals surface area contributed by atoms with Crippen molar-refractivity contribution in [2.75, 3.05) is 20.1 Å². The molecule has 3 amide bonds. The van der Waals surface area contributed by atoms with Gasteiger partial charge in [-0.05, 0) is 50.4 Å². The van der Waals surface area contributed by atoms with E-state index in [-0.39, 0.29) is 18.1 Å². The zero-order valence-electron chi connectivity index (χ0n) is 15.2. The normalized spacial score (nSPS) is 31.9. The Morgan fingerprint density at radius 3 is 2.64 bits per heavy atom. The van der Waals surface area contributed by atoms with Crippen LogP contribution in [0.2, 0.25) is 0 Å². The number of nitrogens with zero attached hydrogens (tertiary/aromatic N) is 2. The minimum absolute atomic E-state index is 0.0165. The predicted octanol–water partition coefficient (Wildman–Crippen LogP) is 2.68. The molecule has 0 bridgehead atoms. The first-order valence-electron chi connectivity index (χ1n) is 9.73. The summed E-state index contributed by atoms with van der Waals surface area (Å²) in [5, 5.41) is 4.85. The lowest BCUT2D eigenvalue weighted by molar-refractivity contribution is -0.137. The van der Waals surface area contributed by atoms with Gasteiger partial charge in [0, 0.05) is 31.9 Å². The fourth-order valence-electron chi connectivity index (χ4n) is 4.43. The lowest BCUT2D eigenvalue weighted by atomic mass is 9.79. The average molecular weight is 371 g/mol. The lowest BCUT2D eigenvalue weighted by Gasteiger charge is -2.37. The summed E-state index contributed by atoms with van der Waals surface area (Å²) in [6, 6.07) is -0.0165. The first-order valence-corrected chi connectivity index (χ1v) is 10.2. The van der Waals surface area contributed by atoms with E-state index >= 15 is 0 Å². The Balaban J connectivity index is 1.38. The minimum Gasteiger partial charge on any atom is -0.325 e. The molecular weight excluding hydrogens is 340 g/mol. The van der Waals surface area contributed by atoms with Crippen molar-refractivity contribution in [2.24, 2.45) is 11.8 Å². The van der Waals surface area contributed by atoms with Crippen LogP contribution in [-0.4, -0.2) is 53.5 Å². The van der Waals surface area contributed by atoms with Gasteiger partial charge in [-0.3, -0.25) is 9.80 Å². The van der Waals surface area contributed by atoms with Crippen molar-refractivity contribution >= 4 is 23.5 Å². The molecule has 0 aromatic heterocycles. The molecule has 2 aliphatic heterocycles.